The maximum Gasteiger partial charge on any atom is 0.212 e. The number of nitrogens with zero attached hydrogens (tertiary/aromatic N) is 1. The SMILES string of the molecule is COC(C)C(C)Nc1ccc(F)nc1. The maximum atomic E-state index is 12.5. The van der Waals surface area contributed by atoms with Crippen molar-refractivity contribution in [3.05, 3.63) is 24.3 Å². The van der Waals surface area contributed by atoms with E-state index in [0.29, 0.717) is 0 Å². The van der Waals surface area contributed by atoms with E-state index in [9.17, 15) is 4.39 Å². The first-order chi connectivity index (χ1) is 6.63. The normalized spacial score (nSPS) is 14.9. The molecule has 1 aromatic heterocycles. The van der Waals surface area contributed by atoms with E-state index in [4.69, 9.17) is 4.74 Å². The predicted molar refractivity (Wildman–Crippen MR) is 53.8 cm³/mol. The summed E-state index contributed by atoms with van der Waals surface area (Å²) >= 11 is 0. The highest BCUT2D eigenvalue weighted by atomic mass is 19.1. The van der Waals surface area contributed by atoms with Crippen LogP contribution in [0.2, 0.25) is 0 Å². The summed E-state index contributed by atoms with van der Waals surface area (Å²) in [6.07, 6.45) is 1.56. The highest BCUT2D eigenvalue weighted by Crippen LogP contribution is 2.09. The van der Waals surface area contributed by atoms with Crippen LogP contribution >= 0.6 is 0 Å². The second kappa shape index (κ2) is 4.91. The zero-order valence-electron chi connectivity index (χ0n) is 8.62. The lowest BCUT2D eigenvalue weighted by atomic mass is 10.2. The van der Waals surface area contributed by atoms with Crippen LogP contribution in [0, 0.1) is 5.95 Å². The Morgan fingerprint density at radius 3 is 2.64 bits per heavy atom. The summed E-state index contributed by atoms with van der Waals surface area (Å²) in [6, 6.07) is 3.14. The second-order valence-electron chi connectivity index (χ2n) is 3.24. The number of ether oxygens (including phenoxy) is 1. The molecule has 0 aliphatic heterocycles. The molecule has 1 aromatic rings. The lowest BCUT2D eigenvalue weighted by Crippen LogP contribution is -2.29. The number of rotatable bonds is 4. The van der Waals surface area contributed by atoms with Crippen molar-refractivity contribution in [2.75, 3.05) is 12.4 Å². The predicted octanol–water partition coefficient (Wildman–Crippen LogP) is 2.06. The number of aromatic nitrogens is 1. The first-order valence-corrected chi connectivity index (χ1v) is 4.54. The van der Waals surface area contributed by atoms with Gasteiger partial charge in [-0.2, -0.15) is 4.39 Å². The van der Waals surface area contributed by atoms with Crippen molar-refractivity contribution in [2.24, 2.45) is 0 Å². The van der Waals surface area contributed by atoms with Crippen LogP contribution < -0.4 is 5.32 Å². The Hall–Kier alpha value is -1.16. The van der Waals surface area contributed by atoms with E-state index in [-0.39, 0.29) is 12.1 Å². The Labute approximate surface area is 83.3 Å². The number of hydrogen-bond acceptors (Lipinski definition) is 3. The van der Waals surface area contributed by atoms with Crippen LogP contribution in [0.5, 0.6) is 0 Å². The van der Waals surface area contributed by atoms with E-state index in [1.807, 2.05) is 13.8 Å². The van der Waals surface area contributed by atoms with Gasteiger partial charge in [-0.05, 0) is 26.0 Å². The quantitative estimate of drug-likeness (QED) is 0.752. The fourth-order valence-corrected chi connectivity index (χ4v) is 1.05. The highest BCUT2D eigenvalue weighted by Gasteiger charge is 2.10. The molecule has 78 valence electrons. The molecule has 0 radical (unpaired) electrons. The van der Waals surface area contributed by atoms with Crippen LogP contribution in [0.3, 0.4) is 0 Å². The highest BCUT2D eigenvalue weighted by molar-refractivity contribution is 5.40. The summed E-state index contributed by atoms with van der Waals surface area (Å²) in [5, 5.41) is 3.17. The molecule has 3 nitrogen and oxygen atoms in total. The van der Waals surface area contributed by atoms with Gasteiger partial charge in [0.05, 0.1) is 18.0 Å². The van der Waals surface area contributed by atoms with Crippen molar-refractivity contribution in [1.29, 1.82) is 0 Å². The number of anilines is 1. The van der Waals surface area contributed by atoms with Crippen molar-refractivity contribution in [3.8, 4) is 0 Å². The van der Waals surface area contributed by atoms with Crippen LogP contribution in [0.15, 0.2) is 18.3 Å². The van der Waals surface area contributed by atoms with Crippen LogP contribution in [0.4, 0.5) is 10.1 Å². The third kappa shape index (κ3) is 2.96. The molecule has 0 aliphatic carbocycles. The molecule has 1 rings (SSSR count). The average molecular weight is 198 g/mol. The summed E-state index contributed by atoms with van der Waals surface area (Å²) in [4.78, 5) is 3.55. The molecule has 2 unspecified atom stereocenters. The third-order valence-corrected chi connectivity index (χ3v) is 2.20. The minimum Gasteiger partial charge on any atom is -0.380 e. The molecule has 0 saturated carbocycles. The summed E-state index contributed by atoms with van der Waals surface area (Å²) in [5.74, 6) is -0.469. The summed E-state index contributed by atoms with van der Waals surface area (Å²) < 4.78 is 17.6. The second-order valence-corrected chi connectivity index (χ2v) is 3.24. The Balaban J connectivity index is 2.56. The summed E-state index contributed by atoms with van der Waals surface area (Å²) in [6.45, 7) is 3.96. The number of pyridine rings is 1. The largest absolute Gasteiger partial charge is 0.380 e. The van der Waals surface area contributed by atoms with Crippen LogP contribution in [0.25, 0.3) is 0 Å². The van der Waals surface area contributed by atoms with Gasteiger partial charge in [0.2, 0.25) is 5.95 Å². The molecule has 0 saturated heterocycles. The standard InChI is InChI=1S/C10H15FN2O/c1-7(8(2)14-3)13-9-4-5-10(11)12-6-9/h4-8,13H,1-3H3. The summed E-state index contributed by atoms with van der Waals surface area (Å²) in [5.41, 5.74) is 0.794. The lowest BCUT2D eigenvalue weighted by molar-refractivity contribution is 0.106. The van der Waals surface area contributed by atoms with Crippen molar-refractivity contribution in [3.63, 3.8) is 0 Å². The van der Waals surface area contributed by atoms with Gasteiger partial charge in [-0.25, -0.2) is 4.98 Å². The number of hydrogen-bond donors (Lipinski definition) is 1. The van der Waals surface area contributed by atoms with Gasteiger partial charge < -0.3 is 10.1 Å². The smallest absolute Gasteiger partial charge is 0.212 e. The van der Waals surface area contributed by atoms with E-state index < -0.39 is 5.95 Å². The van der Waals surface area contributed by atoms with E-state index >= 15 is 0 Å². The van der Waals surface area contributed by atoms with E-state index in [0.717, 1.165) is 5.69 Å². The molecular weight excluding hydrogens is 183 g/mol. The van der Waals surface area contributed by atoms with Crippen molar-refractivity contribution in [2.45, 2.75) is 26.0 Å². The molecule has 0 bridgehead atoms. The molecule has 0 aliphatic rings. The first-order valence-electron chi connectivity index (χ1n) is 4.54. The van der Waals surface area contributed by atoms with Gasteiger partial charge in [0.15, 0.2) is 0 Å². The van der Waals surface area contributed by atoms with Gasteiger partial charge in [0.25, 0.3) is 0 Å². The molecule has 0 spiro atoms. The Bertz CT molecular complexity index is 276. The minimum absolute atomic E-state index is 0.0973. The topological polar surface area (TPSA) is 34.1 Å². The van der Waals surface area contributed by atoms with Crippen LogP contribution in [-0.4, -0.2) is 24.2 Å². The minimum atomic E-state index is -0.469. The molecule has 4 heteroatoms. The Kier molecular flexibility index (Phi) is 3.83. The van der Waals surface area contributed by atoms with Crippen molar-refractivity contribution >= 4 is 5.69 Å². The van der Waals surface area contributed by atoms with Crippen molar-refractivity contribution < 1.29 is 9.13 Å². The van der Waals surface area contributed by atoms with Crippen LogP contribution in [0.1, 0.15) is 13.8 Å². The zero-order valence-corrected chi connectivity index (χ0v) is 8.62. The fraction of sp³-hybridized carbons (Fsp3) is 0.500. The molecule has 0 amide bonds. The zero-order chi connectivity index (χ0) is 10.6. The van der Waals surface area contributed by atoms with Gasteiger partial charge in [-0.15, -0.1) is 0 Å². The first kappa shape index (κ1) is 10.9. The molecule has 1 N–H and O–H groups in total. The van der Waals surface area contributed by atoms with E-state index in [1.54, 1.807) is 13.2 Å². The molecule has 1 heterocycles. The molecule has 0 fully saturated rings. The molecule has 0 aromatic carbocycles. The monoisotopic (exact) mass is 198 g/mol. The van der Waals surface area contributed by atoms with Crippen molar-refractivity contribution in [1.82, 2.24) is 4.98 Å². The Morgan fingerprint density at radius 1 is 1.43 bits per heavy atom. The third-order valence-electron chi connectivity index (χ3n) is 2.20. The van der Waals surface area contributed by atoms with E-state index in [1.165, 1.54) is 12.3 Å². The molecule has 2 atom stereocenters. The Morgan fingerprint density at radius 2 is 2.14 bits per heavy atom. The van der Waals surface area contributed by atoms with E-state index in [2.05, 4.69) is 10.3 Å². The maximum absolute atomic E-state index is 12.5. The fourth-order valence-electron chi connectivity index (χ4n) is 1.05. The van der Waals surface area contributed by atoms with Gasteiger partial charge in [0, 0.05) is 13.2 Å². The van der Waals surface area contributed by atoms with Gasteiger partial charge in [-0.3, -0.25) is 0 Å². The summed E-state index contributed by atoms with van der Waals surface area (Å²) in [7, 11) is 1.66. The van der Waals surface area contributed by atoms with Gasteiger partial charge >= 0.3 is 0 Å². The van der Waals surface area contributed by atoms with Gasteiger partial charge in [0.1, 0.15) is 0 Å². The average Bonchev–Trinajstić information content (AvgIpc) is 2.20. The molecule has 14 heavy (non-hydrogen) atoms. The number of methoxy groups -OCH3 is 1. The van der Waals surface area contributed by atoms with Crippen LogP contribution in [-0.2, 0) is 4.74 Å². The molecular formula is C10H15FN2O. The number of nitrogens with one attached hydrogen (secondary N) is 1. The van der Waals surface area contributed by atoms with Gasteiger partial charge in [-0.1, -0.05) is 0 Å². The number of halogens is 1. The lowest BCUT2D eigenvalue weighted by Gasteiger charge is -2.20.